The quantitative estimate of drug-likeness (QED) is 0.602. The Morgan fingerprint density at radius 1 is 0.938 bits per heavy atom. The van der Waals surface area contributed by atoms with E-state index in [1.807, 2.05) is 0 Å². The van der Waals surface area contributed by atoms with Crippen LogP contribution in [0.15, 0.2) is 24.3 Å². The molecule has 0 radical (unpaired) electrons. The maximum atomic E-state index is 12.6. The zero-order chi connectivity index (χ0) is 22.5. The number of anilines is 1. The van der Waals surface area contributed by atoms with E-state index in [2.05, 4.69) is 52.5 Å². The molecule has 2 N–H and O–H groups in total. The number of hydrogen-bond acceptors (Lipinski definition) is 3. The molecular weight excluding hydrogens is 396 g/mol. The van der Waals surface area contributed by atoms with Crippen molar-refractivity contribution in [2.45, 2.75) is 71.8 Å². The number of amides is 1. The molecule has 0 atom stereocenters. The van der Waals surface area contributed by atoms with Crippen molar-refractivity contribution in [2.75, 3.05) is 37.6 Å². The van der Waals surface area contributed by atoms with Gasteiger partial charge in [0.2, 0.25) is 0 Å². The Morgan fingerprint density at radius 3 is 2.22 bits per heavy atom. The monoisotopic (exact) mass is 436 g/mol. The summed E-state index contributed by atoms with van der Waals surface area (Å²) in [7, 11) is 0. The summed E-state index contributed by atoms with van der Waals surface area (Å²) < 4.78 is 2.40. The molecule has 5 nitrogen and oxygen atoms in total. The fraction of sp³-hybridized carbons (Fsp3) is 0.593. The van der Waals surface area contributed by atoms with E-state index in [9.17, 15) is 4.79 Å². The molecule has 1 amide bonds. The highest BCUT2D eigenvalue weighted by molar-refractivity contribution is 6.02. The molecule has 1 aromatic carbocycles. The Balaban J connectivity index is 1.69. The Kier molecular flexibility index (Phi) is 7.56. The van der Waals surface area contributed by atoms with Gasteiger partial charge in [-0.05, 0) is 76.2 Å². The van der Waals surface area contributed by atoms with Crippen LogP contribution in [0.25, 0.3) is 11.1 Å². The second-order valence-corrected chi connectivity index (χ2v) is 9.54. The summed E-state index contributed by atoms with van der Waals surface area (Å²) in [5, 5.41) is 0. The molecular formula is C27H40N4O. The van der Waals surface area contributed by atoms with Crippen molar-refractivity contribution < 1.29 is 4.79 Å². The minimum Gasteiger partial charge on any atom is -0.372 e. The number of nitrogens with zero attached hydrogens (tertiary/aromatic N) is 3. The molecule has 2 aliphatic rings. The summed E-state index contributed by atoms with van der Waals surface area (Å²) in [4.78, 5) is 17.6. The van der Waals surface area contributed by atoms with E-state index >= 15 is 0 Å². The predicted molar refractivity (Wildman–Crippen MR) is 133 cm³/mol. The van der Waals surface area contributed by atoms with Gasteiger partial charge in [-0.25, -0.2) is 0 Å². The summed E-state index contributed by atoms with van der Waals surface area (Å²) in [6.45, 7) is 10.9. The van der Waals surface area contributed by atoms with Gasteiger partial charge in [-0.1, -0.05) is 31.9 Å². The van der Waals surface area contributed by atoms with Gasteiger partial charge >= 0.3 is 0 Å². The fourth-order valence-corrected chi connectivity index (χ4v) is 5.56. The number of likely N-dealkylation sites (tertiary alicyclic amines) is 1. The van der Waals surface area contributed by atoms with Gasteiger partial charge < -0.3 is 20.1 Å². The number of carbonyl (C=O) groups excluding carboxylic acids is 1. The highest BCUT2D eigenvalue weighted by Crippen LogP contribution is 2.35. The van der Waals surface area contributed by atoms with Crippen LogP contribution in [0.4, 0.5) is 5.69 Å². The highest BCUT2D eigenvalue weighted by Gasteiger charge is 2.25. The summed E-state index contributed by atoms with van der Waals surface area (Å²) in [5.74, 6) is -0.310. The first-order valence-electron chi connectivity index (χ1n) is 12.7. The van der Waals surface area contributed by atoms with Crippen molar-refractivity contribution in [3.8, 4) is 11.1 Å². The number of hydrogen-bond donors (Lipinski definition) is 1. The molecule has 0 bridgehead atoms. The van der Waals surface area contributed by atoms with Gasteiger partial charge in [0.25, 0.3) is 5.91 Å². The van der Waals surface area contributed by atoms with E-state index in [1.54, 1.807) is 0 Å². The third-order valence-electron chi connectivity index (χ3n) is 7.36. The maximum Gasteiger partial charge on any atom is 0.251 e. The number of rotatable bonds is 9. The molecule has 3 heterocycles. The average Bonchev–Trinajstić information content (AvgIpc) is 3.44. The van der Waals surface area contributed by atoms with E-state index in [1.165, 1.54) is 56.6 Å². The normalized spacial score (nSPS) is 17.2. The van der Waals surface area contributed by atoms with Crippen LogP contribution in [0.5, 0.6) is 0 Å². The first-order valence-corrected chi connectivity index (χ1v) is 12.7. The Hall–Kier alpha value is -2.27. The molecule has 0 unspecified atom stereocenters. The average molecular weight is 437 g/mol. The summed E-state index contributed by atoms with van der Waals surface area (Å²) >= 11 is 0. The van der Waals surface area contributed by atoms with Crippen LogP contribution >= 0.6 is 0 Å². The fourth-order valence-electron chi connectivity index (χ4n) is 5.56. The van der Waals surface area contributed by atoms with Crippen LogP contribution in [-0.4, -0.2) is 48.1 Å². The maximum absolute atomic E-state index is 12.6. The summed E-state index contributed by atoms with van der Waals surface area (Å²) in [5.41, 5.74) is 12.4. The Bertz CT molecular complexity index is 903. The van der Waals surface area contributed by atoms with E-state index < -0.39 is 0 Å². The lowest BCUT2D eigenvalue weighted by Crippen LogP contribution is -2.33. The van der Waals surface area contributed by atoms with E-state index in [-0.39, 0.29) is 5.91 Å². The molecule has 2 aliphatic heterocycles. The van der Waals surface area contributed by atoms with E-state index in [4.69, 9.17) is 5.73 Å². The third kappa shape index (κ3) is 4.88. The van der Waals surface area contributed by atoms with Crippen LogP contribution in [-0.2, 0) is 13.0 Å². The van der Waals surface area contributed by atoms with Crippen molar-refractivity contribution in [3.63, 3.8) is 0 Å². The zero-order valence-electron chi connectivity index (χ0n) is 20.0. The molecule has 4 rings (SSSR count). The molecule has 5 heteroatoms. The number of nitrogens with two attached hydrogens (primary N) is 1. The van der Waals surface area contributed by atoms with Crippen molar-refractivity contribution >= 4 is 11.6 Å². The first kappa shape index (κ1) is 22.9. The summed E-state index contributed by atoms with van der Waals surface area (Å²) in [6, 6.07) is 8.82. The molecule has 174 valence electrons. The zero-order valence-corrected chi connectivity index (χ0v) is 20.0. The summed E-state index contributed by atoms with van der Waals surface area (Å²) in [6.07, 6.45) is 9.72. The lowest BCUT2D eigenvalue weighted by atomic mass is 9.97. The van der Waals surface area contributed by atoms with Gasteiger partial charge in [-0.2, -0.15) is 0 Å². The number of aromatic nitrogens is 1. The van der Waals surface area contributed by atoms with Gasteiger partial charge in [0, 0.05) is 48.8 Å². The van der Waals surface area contributed by atoms with Crippen LogP contribution in [0, 0.1) is 6.92 Å². The number of primary amides is 1. The van der Waals surface area contributed by atoms with Crippen LogP contribution in [0.1, 0.15) is 73.6 Å². The Labute approximate surface area is 193 Å². The standard InChI is InChI=1S/C27H40N4O/c1-3-4-10-24-26(22-11-13-23(14-12-22)30-17-8-9-18-30)25(27(28)32)21(2)31(24)20-19-29-15-6-5-7-16-29/h11-14H,3-10,15-20H2,1-2H3,(H2,28,32). The molecule has 32 heavy (non-hydrogen) atoms. The minimum absolute atomic E-state index is 0.310. The van der Waals surface area contributed by atoms with Crippen LogP contribution in [0.2, 0.25) is 0 Å². The van der Waals surface area contributed by atoms with Gasteiger partial charge in [0.15, 0.2) is 0 Å². The predicted octanol–water partition coefficient (Wildman–Crippen LogP) is 4.99. The van der Waals surface area contributed by atoms with Crippen LogP contribution in [0.3, 0.4) is 0 Å². The van der Waals surface area contributed by atoms with Crippen LogP contribution < -0.4 is 10.6 Å². The number of benzene rings is 1. The minimum atomic E-state index is -0.310. The highest BCUT2D eigenvalue weighted by atomic mass is 16.1. The lowest BCUT2D eigenvalue weighted by Gasteiger charge is -2.27. The van der Waals surface area contributed by atoms with Crippen molar-refractivity contribution in [1.29, 1.82) is 0 Å². The SMILES string of the molecule is CCCCc1c(-c2ccc(N3CCCC3)cc2)c(C(N)=O)c(C)n1CCN1CCCCC1. The van der Waals surface area contributed by atoms with Crippen molar-refractivity contribution in [2.24, 2.45) is 5.73 Å². The molecule has 2 aromatic rings. The van der Waals surface area contributed by atoms with E-state index in [0.717, 1.165) is 62.3 Å². The van der Waals surface area contributed by atoms with E-state index in [0.29, 0.717) is 5.56 Å². The number of unbranched alkanes of at least 4 members (excludes halogenated alkanes) is 1. The van der Waals surface area contributed by atoms with Crippen molar-refractivity contribution in [1.82, 2.24) is 9.47 Å². The van der Waals surface area contributed by atoms with Gasteiger partial charge in [-0.3, -0.25) is 4.79 Å². The second kappa shape index (κ2) is 10.6. The first-order chi connectivity index (χ1) is 15.6. The van der Waals surface area contributed by atoms with Gasteiger partial charge in [0.05, 0.1) is 5.56 Å². The third-order valence-corrected chi connectivity index (χ3v) is 7.36. The molecule has 2 fully saturated rings. The smallest absolute Gasteiger partial charge is 0.251 e. The molecule has 0 saturated carbocycles. The molecule has 2 saturated heterocycles. The lowest BCUT2D eigenvalue weighted by molar-refractivity contribution is 0.1000. The van der Waals surface area contributed by atoms with Gasteiger partial charge in [-0.15, -0.1) is 0 Å². The number of carbonyl (C=O) groups is 1. The van der Waals surface area contributed by atoms with Crippen molar-refractivity contribution in [3.05, 3.63) is 41.2 Å². The Morgan fingerprint density at radius 2 is 1.59 bits per heavy atom. The topological polar surface area (TPSA) is 54.5 Å². The molecule has 0 spiro atoms. The number of piperidine rings is 1. The second-order valence-electron chi connectivity index (χ2n) is 9.54. The molecule has 1 aromatic heterocycles. The van der Waals surface area contributed by atoms with Gasteiger partial charge in [0.1, 0.15) is 0 Å². The largest absolute Gasteiger partial charge is 0.372 e. The molecule has 0 aliphatic carbocycles.